The largest absolute Gasteiger partial charge is 0.414 e. The van der Waals surface area contributed by atoms with Crippen molar-refractivity contribution in [3.8, 4) is 5.06 Å². The number of benzene rings is 1. The summed E-state index contributed by atoms with van der Waals surface area (Å²) >= 11 is 4.58. The number of halogens is 1. The van der Waals surface area contributed by atoms with Crippen LogP contribution >= 0.6 is 27.3 Å². The van der Waals surface area contributed by atoms with Gasteiger partial charge in [-0.1, -0.05) is 11.3 Å². The average molecular weight is 523 g/mol. The van der Waals surface area contributed by atoms with Gasteiger partial charge in [-0.15, -0.1) is 0 Å². The van der Waals surface area contributed by atoms with Gasteiger partial charge in [0.15, 0.2) is 5.06 Å². The first-order chi connectivity index (χ1) is 15.0. The molecule has 0 spiro atoms. The van der Waals surface area contributed by atoms with E-state index in [4.69, 9.17) is 4.74 Å². The van der Waals surface area contributed by atoms with Gasteiger partial charge in [0, 0.05) is 24.5 Å². The van der Waals surface area contributed by atoms with Crippen LogP contribution in [0.4, 0.5) is 16.2 Å². The van der Waals surface area contributed by atoms with Gasteiger partial charge in [0.25, 0.3) is 0 Å². The number of aryl methyl sites for hydroxylation is 1. The summed E-state index contributed by atoms with van der Waals surface area (Å²) in [7, 11) is 1.94. The number of thiophene rings is 1. The van der Waals surface area contributed by atoms with Gasteiger partial charge in [-0.25, -0.2) is 4.79 Å². The highest BCUT2D eigenvalue weighted by atomic mass is 79.9. The standard InChI is InChI=1S/C22H27BrN4O4S/c1-14-12-15(6-7-16(14)27-11-5-10-26(4)13-18(27)28)24-20(29)22(2,3)25-21(30)31-19-9-8-17(23)32-19/h6-9,12H,5,10-11,13H2,1-4H3,(H,24,29)(H,25,30). The zero-order valence-electron chi connectivity index (χ0n) is 18.5. The number of nitrogens with one attached hydrogen (secondary N) is 2. The summed E-state index contributed by atoms with van der Waals surface area (Å²) in [6.45, 7) is 7.03. The number of amides is 3. The Bertz CT molecular complexity index is 1020. The lowest BCUT2D eigenvalue weighted by atomic mass is 10.0. The predicted octanol–water partition coefficient (Wildman–Crippen LogP) is 3.99. The fourth-order valence-corrected chi connectivity index (χ4v) is 4.57. The van der Waals surface area contributed by atoms with Crippen LogP contribution in [0, 0.1) is 6.92 Å². The van der Waals surface area contributed by atoms with E-state index in [1.165, 1.54) is 11.3 Å². The summed E-state index contributed by atoms with van der Waals surface area (Å²) in [6.07, 6.45) is 0.189. The van der Waals surface area contributed by atoms with Crippen molar-refractivity contribution in [3.63, 3.8) is 0 Å². The van der Waals surface area contributed by atoms with E-state index in [9.17, 15) is 14.4 Å². The van der Waals surface area contributed by atoms with Gasteiger partial charge in [-0.3, -0.25) is 14.5 Å². The fraction of sp³-hybridized carbons (Fsp3) is 0.409. The Morgan fingerprint density at radius 1 is 1.19 bits per heavy atom. The smallest absolute Gasteiger partial charge is 0.399 e. The van der Waals surface area contributed by atoms with Crippen molar-refractivity contribution in [1.29, 1.82) is 0 Å². The molecule has 2 aromatic rings. The highest BCUT2D eigenvalue weighted by Crippen LogP contribution is 2.29. The number of anilines is 2. The van der Waals surface area contributed by atoms with Crippen LogP contribution < -0.4 is 20.3 Å². The van der Waals surface area contributed by atoms with Gasteiger partial charge in [0.05, 0.1) is 10.3 Å². The van der Waals surface area contributed by atoms with Crippen LogP contribution in [0.15, 0.2) is 34.1 Å². The monoisotopic (exact) mass is 522 g/mol. The Hall–Kier alpha value is -2.43. The Labute approximate surface area is 200 Å². The van der Waals surface area contributed by atoms with Crippen molar-refractivity contribution in [3.05, 3.63) is 39.7 Å². The third-order valence-corrected chi connectivity index (χ3v) is 6.60. The molecule has 8 nitrogen and oxygen atoms in total. The number of carbonyl (C=O) groups is 3. The predicted molar refractivity (Wildman–Crippen MR) is 130 cm³/mol. The first-order valence-corrected chi connectivity index (χ1v) is 11.8. The van der Waals surface area contributed by atoms with Crippen molar-refractivity contribution in [2.75, 3.05) is 36.9 Å². The summed E-state index contributed by atoms with van der Waals surface area (Å²) in [5.41, 5.74) is 1.10. The number of nitrogens with zero attached hydrogens (tertiary/aromatic N) is 2. The SMILES string of the molecule is Cc1cc(NC(=O)C(C)(C)NC(=O)Oc2ccc(Br)s2)ccc1N1CCCN(C)CC1=O. The first-order valence-electron chi connectivity index (χ1n) is 10.2. The molecule has 32 heavy (non-hydrogen) atoms. The molecule has 1 aliphatic rings. The molecule has 3 amide bonds. The summed E-state index contributed by atoms with van der Waals surface area (Å²) in [5, 5.41) is 5.84. The van der Waals surface area contributed by atoms with E-state index in [0.29, 0.717) is 23.8 Å². The van der Waals surface area contributed by atoms with E-state index in [0.717, 1.165) is 28.0 Å². The topological polar surface area (TPSA) is 91.0 Å². The molecular weight excluding hydrogens is 496 g/mol. The quantitative estimate of drug-likeness (QED) is 0.619. The minimum Gasteiger partial charge on any atom is -0.399 e. The molecule has 0 unspecified atom stereocenters. The number of hydrogen-bond acceptors (Lipinski definition) is 6. The number of likely N-dealkylation sites (N-methyl/N-ethyl adjacent to an activating group) is 1. The minimum atomic E-state index is -1.20. The van der Waals surface area contributed by atoms with Gasteiger partial charge >= 0.3 is 6.09 Å². The van der Waals surface area contributed by atoms with Crippen LogP contribution in [0.25, 0.3) is 0 Å². The Morgan fingerprint density at radius 2 is 1.94 bits per heavy atom. The molecule has 2 N–H and O–H groups in total. The molecule has 1 aromatic carbocycles. The van der Waals surface area contributed by atoms with E-state index in [1.807, 2.05) is 31.0 Å². The van der Waals surface area contributed by atoms with Crippen molar-refractivity contribution in [1.82, 2.24) is 10.2 Å². The number of rotatable bonds is 5. The third-order valence-electron chi connectivity index (χ3n) is 5.10. The Kier molecular flexibility index (Phi) is 7.58. The van der Waals surface area contributed by atoms with Crippen LogP contribution in [0.3, 0.4) is 0 Å². The molecule has 2 heterocycles. The summed E-state index contributed by atoms with van der Waals surface area (Å²) in [4.78, 5) is 41.4. The van der Waals surface area contributed by atoms with Gasteiger partial charge < -0.3 is 20.3 Å². The lowest BCUT2D eigenvalue weighted by Gasteiger charge is -2.26. The number of ether oxygens (including phenoxy) is 1. The van der Waals surface area contributed by atoms with Crippen molar-refractivity contribution >= 4 is 56.5 Å². The molecule has 0 aliphatic carbocycles. The number of hydrogen-bond donors (Lipinski definition) is 2. The zero-order valence-corrected chi connectivity index (χ0v) is 20.9. The highest BCUT2D eigenvalue weighted by molar-refractivity contribution is 9.11. The number of carbonyl (C=O) groups excluding carboxylic acids is 3. The van der Waals surface area contributed by atoms with Gasteiger partial charge in [-0.2, -0.15) is 0 Å². The summed E-state index contributed by atoms with van der Waals surface area (Å²) in [5.74, 6) is -0.326. The highest BCUT2D eigenvalue weighted by Gasteiger charge is 2.31. The Morgan fingerprint density at radius 3 is 2.59 bits per heavy atom. The lowest BCUT2D eigenvalue weighted by molar-refractivity contribution is -0.121. The maximum atomic E-state index is 12.8. The van der Waals surface area contributed by atoms with Crippen molar-refractivity contribution in [2.45, 2.75) is 32.7 Å². The molecule has 0 atom stereocenters. The maximum absolute atomic E-state index is 12.8. The van der Waals surface area contributed by atoms with Crippen LogP contribution in [0.1, 0.15) is 25.8 Å². The van der Waals surface area contributed by atoms with Crippen LogP contribution in [0.2, 0.25) is 0 Å². The average Bonchev–Trinajstić information content (AvgIpc) is 3.01. The van der Waals surface area contributed by atoms with Gasteiger partial charge in [0.2, 0.25) is 11.8 Å². The van der Waals surface area contributed by atoms with E-state index in [-0.39, 0.29) is 11.8 Å². The van der Waals surface area contributed by atoms with E-state index in [2.05, 4.69) is 26.6 Å². The van der Waals surface area contributed by atoms with Crippen molar-refractivity contribution in [2.24, 2.45) is 0 Å². The lowest BCUT2D eigenvalue weighted by Crippen LogP contribution is -2.53. The second-order valence-corrected chi connectivity index (χ2v) is 10.7. The molecule has 3 rings (SSSR count). The van der Waals surface area contributed by atoms with Crippen molar-refractivity contribution < 1.29 is 19.1 Å². The Balaban J connectivity index is 1.64. The molecule has 0 saturated carbocycles. The summed E-state index contributed by atoms with van der Waals surface area (Å²) in [6, 6.07) is 8.87. The zero-order chi connectivity index (χ0) is 23.5. The molecule has 1 saturated heterocycles. The van der Waals surface area contributed by atoms with E-state index in [1.54, 1.807) is 36.9 Å². The van der Waals surface area contributed by atoms with Gasteiger partial charge in [0.1, 0.15) is 5.54 Å². The normalized spacial score (nSPS) is 15.3. The maximum Gasteiger partial charge on any atom is 0.414 e. The first kappa shape index (κ1) is 24.2. The van der Waals surface area contributed by atoms with Crippen LogP contribution in [0.5, 0.6) is 5.06 Å². The fourth-order valence-electron chi connectivity index (χ4n) is 3.38. The molecule has 1 aromatic heterocycles. The third kappa shape index (κ3) is 6.08. The van der Waals surface area contributed by atoms with E-state index < -0.39 is 11.6 Å². The second-order valence-electron chi connectivity index (χ2n) is 8.29. The second kappa shape index (κ2) is 10.0. The van der Waals surface area contributed by atoms with Crippen LogP contribution in [-0.2, 0) is 9.59 Å². The molecule has 0 bridgehead atoms. The molecule has 1 aliphatic heterocycles. The summed E-state index contributed by atoms with van der Waals surface area (Å²) < 4.78 is 6.06. The minimum absolute atomic E-state index is 0.0616. The van der Waals surface area contributed by atoms with E-state index >= 15 is 0 Å². The molecule has 10 heteroatoms. The molecular formula is C22H27BrN4O4S. The van der Waals surface area contributed by atoms with Crippen LogP contribution in [-0.4, -0.2) is 55.0 Å². The van der Waals surface area contributed by atoms with Gasteiger partial charge in [-0.05, 0) is 86.1 Å². The molecule has 1 fully saturated rings. The molecule has 172 valence electrons. The molecule has 0 radical (unpaired) electrons.